The van der Waals surface area contributed by atoms with E-state index in [4.69, 9.17) is 19.6 Å². The Hall–Kier alpha value is -2.32. The van der Waals surface area contributed by atoms with Crippen LogP contribution in [0.1, 0.15) is 75.1 Å². The molecule has 146 valence electrons. The highest BCUT2D eigenvalue weighted by Gasteiger charge is 2.30. The summed E-state index contributed by atoms with van der Waals surface area (Å²) in [4.78, 5) is 44.0. The molecule has 0 aliphatic heterocycles. The van der Waals surface area contributed by atoms with Crippen LogP contribution in [0.15, 0.2) is 12.1 Å². The normalized spacial score (nSPS) is 11.9. The maximum absolute atomic E-state index is 11.7. The van der Waals surface area contributed by atoms with Crippen molar-refractivity contribution in [2.75, 3.05) is 0 Å². The van der Waals surface area contributed by atoms with E-state index in [-0.39, 0.29) is 11.3 Å². The molecule has 0 aromatic heterocycles. The number of hydrogen-bond donors (Lipinski definition) is 2. The van der Waals surface area contributed by atoms with Crippen LogP contribution in [0.25, 0.3) is 0 Å². The fourth-order valence-electron chi connectivity index (χ4n) is 1.52. The fourth-order valence-corrected chi connectivity index (χ4v) is 1.52. The van der Waals surface area contributed by atoms with Gasteiger partial charge in [-0.25, -0.2) is 9.59 Å². The van der Waals surface area contributed by atoms with Crippen LogP contribution in [0.3, 0.4) is 0 Å². The Morgan fingerprint density at radius 3 is 1.81 bits per heavy atom. The van der Waals surface area contributed by atoms with Gasteiger partial charge < -0.3 is 20.0 Å². The van der Waals surface area contributed by atoms with E-state index in [0.29, 0.717) is 12.8 Å². The third kappa shape index (κ3) is 5.60. The summed E-state index contributed by atoms with van der Waals surface area (Å²) in [5.41, 5.74) is -2.27. The molecule has 1 rings (SSSR count). The van der Waals surface area contributed by atoms with Gasteiger partial charge >= 0.3 is 11.9 Å². The summed E-state index contributed by atoms with van der Waals surface area (Å²) >= 11 is 0. The molecule has 0 bridgehead atoms. The van der Waals surface area contributed by atoms with E-state index in [1.165, 1.54) is 12.1 Å². The van der Waals surface area contributed by atoms with E-state index in [1.54, 1.807) is 27.7 Å². The van der Waals surface area contributed by atoms with E-state index in [9.17, 15) is 19.8 Å². The lowest BCUT2D eigenvalue weighted by atomic mass is 10.1. The average molecular weight is 370 g/mol. The van der Waals surface area contributed by atoms with Gasteiger partial charge in [0.2, 0.25) is 0 Å². The molecule has 8 nitrogen and oxygen atoms in total. The van der Waals surface area contributed by atoms with Crippen LogP contribution >= 0.6 is 0 Å². The molecule has 0 unspecified atom stereocenters. The van der Waals surface area contributed by atoms with Crippen LogP contribution in [0, 0.1) is 0 Å². The van der Waals surface area contributed by atoms with Crippen LogP contribution < -0.4 is 9.78 Å². The predicted molar refractivity (Wildman–Crippen MR) is 92.5 cm³/mol. The van der Waals surface area contributed by atoms with Crippen molar-refractivity contribution in [1.82, 2.24) is 0 Å². The van der Waals surface area contributed by atoms with E-state index in [1.807, 2.05) is 13.8 Å². The van der Waals surface area contributed by atoms with Gasteiger partial charge in [-0.1, -0.05) is 13.8 Å². The van der Waals surface area contributed by atoms with Gasteiger partial charge in [-0.2, -0.15) is 9.78 Å². The largest absolute Gasteiger partial charge is 0.478 e. The summed E-state index contributed by atoms with van der Waals surface area (Å²) in [5, 5.41) is 18.9. The van der Waals surface area contributed by atoms with Crippen molar-refractivity contribution in [2.45, 2.75) is 65.6 Å². The molecule has 0 aliphatic carbocycles. The SMILES string of the molecule is CCC(C)(C)OOc1ccc(C(=O)O)c(OOC(C)(C)CC)c1C(=O)O. The number of benzene rings is 1. The lowest BCUT2D eigenvalue weighted by Crippen LogP contribution is -2.27. The van der Waals surface area contributed by atoms with Crippen LogP contribution in [0.4, 0.5) is 0 Å². The number of hydrogen-bond acceptors (Lipinski definition) is 6. The molecule has 8 heteroatoms. The van der Waals surface area contributed by atoms with Gasteiger partial charge in [0, 0.05) is 0 Å². The highest BCUT2D eigenvalue weighted by atomic mass is 17.2. The maximum Gasteiger partial charge on any atom is 0.343 e. The summed E-state index contributed by atoms with van der Waals surface area (Å²) in [5.74, 6) is -3.44. The van der Waals surface area contributed by atoms with Crippen LogP contribution in [0.5, 0.6) is 11.5 Å². The maximum atomic E-state index is 11.7. The third-order valence-electron chi connectivity index (χ3n) is 3.97. The van der Waals surface area contributed by atoms with Crippen molar-refractivity contribution in [3.8, 4) is 11.5 Å². The second-order valence-corrected chi connectivity index (χ2v) is 6.99. The molecular formula is C18H26O8. The minimum absolute atomic E-state index is 0.183. The molecule has 0 atom stereocenters. The Balaban J connectivity index is 3.35. The summed E-state index contributed by atoms with van der Waals surface area (Å²) in [6.07, 6.45) is 1.17. The fraction of sp³-hybridized carbons (Fsp3) is 0.556. The number of aromatic carboxylic acids is 2. The molecule has 0 aliphatic rings. The zero-order chi connectivity index (χ0) is 20.1. The first-order valence-electron chi connectivity index (χ1n) is 8.29. The average Bonchev–Trinajstić information content (AvgIpc) is 2.57. The molecule has 0 radical (unpaired) electrons. The second kappa shape index (κ2) is 8.37. The quantitative estimate of drug-likeness (QED) is 0.468. The zero-order valence-corrected chi connectivity index (χ0v) is 15.9. The number of carboxylic acids is 2. The summed E-state index contributed by atoms with van der Waals surface area (Å²) in [6.45, 7) is 10.7. The minimum Gasteiger partial charge on any atom is -0.478 e. The second-order valence-electron chi connectivity index (χ2n) is 6.99. The van der Waals surface area contributed by atoms with Crippen LogP contribution in [-0.4, -0.2) is 33.4 Å². The van der Waals surface area contributed by atoms with Crippen molar-refractivity contribution >= 4 is 11.9 Å². The minimum atomic E-state index is -1.44. The van der Waals surface area contributed by atoms with Crippen molar-refractivity contribution in [3.05, 3.63) is 23.3 Å². The van der Waals surface area contributed by atoms with Gasteiger partial charge in [0.05, 0.1) is 0 Å². The molecular weight excluding hydrogens is 344 g/mol. The van der Waals surface area contributed by atoms with Crippen molar-refractivity contribution in [2.24, 2.45) is 0 Å². The van der Waals surface area contributed by atoms with E-state index in [2.05, 4.69) is 0 Å². The van der Waals surface area contributed by atoms with Crippen molar-refractivity contribution < 1.29 is 39.4 Å². The molecule has 0 saturated heterocycles. The molecule has 0 amide bonds. The van der Waals surface area contributed by atoms with E-state index in [0.717, 1.165) is 0 Å². The molecule has 0 saturated carbocycles. The third-order valence-corrected chi connectivity index (χ3v) is 3.97. The Labute approximate surface area is 152 Å². The Kier molecular flexibility index (Phi) is 7.00. The summed E-state index contributed by atoms with van der Waals surface area (Å²) in [7, 11) is 0. The van der Waals surface area contributed by atoms with Gasteiger partial charge in [0.15, 0.2) is 17.1 Å². The van der Waals surface area contributed by atoms with Crippen molar-refractivity contribution in [3.63, 3.8) is 0 Å². The highest BCUT2D eigenvalue weighted by Crippen LogP contribution is 2.35. The van der Waals surface area contributed by atoms with Gasteiger partial charge in [-0.15, -0.1) is 0 Å². The molecule has 2 N–H and O–H groups in total. The number of rotatable bonds is 10. The first-order chi connectivity index (χ1) is 11.9. The van der Waals surface area contributed by atoms with Gasteiger partial charge in [-0.05, 0) is 52.7 Å². The molecule has 0 spiro atoms. The molecule has 1 aromatic carbocycles. The Bertz CT molecular complexity index is 663. The van der Waals surface area contributed by atoms with Crippen LogP contribution in [0.2, 0.25) is 0 Å². The van der Waals surface area contributed by atoms with Gasteiger partial charge in [0.25, 0.3) is 0 Å². The standard InChI is InChI=1S/C18H26O8/c1-7-17(3,4)25-23-12-10-9-11(15(19)20)14(13(12)16(21)22)24-26-18(5,6)8-2/h9-10H,7-8H2,1-6H3,(H,19,20)(H,21,22). The number of carbonyl (C=O) groups is 2. The Morgan fingerprint density at radius 1 is 0.885 bits per heavy atom. The molecule has 26 heavy (non-hydrogen) atoms. The monoisotopic (exact) mass is 370 g/mol. The molecule has 0 heterocycles. The predicted octanol–water partition coefficient (Wildman–Crippen LogP) is 4.08. The highest BCUT2D eigenvalue weighted by molar-refractivity contribution is 6.00. The van der Waals surface area contributed by atoms with Gasteiger partial charge in [0.1, 0.15) is 16.8 Å². The molecule has 1 aromatic rings. The zero-order valence-electron chi connectivity index (χ0n) is 15.9. The summed E-state index contributed by atoms with van der Waals surface area (Å²) in [6, 6.07) is 2.38. The lowest BCUT2D eigenvalue weighted by molar-refractivity contribution is -0.286. The molecule has 0 fully saturated rings. The topological polar surface area (TPSA) is 112 Å². The van der Waals surface area contributed by atoms with E-state index >= 15 is 0 Å². The smallest absolute Gasteiger partial charge is 0.343 e. The van der Waals surface area contributed by atoms with E-state index < -0.39 is 34.5 Å². The first-order valence-corrected chi connectivity index (χ1v) is 8.29. The first kappa shape index (κ1) is 21.7. The number of carboxylic acid groups (broad SMARTS) is 2. The summed E-state index contributed by atoms with van der Waals surface area (Å²) < 4.78 is 0. The van der Waals surface area contributed by atoms with Gasteiger partial charge in [-0.3, -0.25) is 0 Å². The Morgan fingerprint density at radius 2 is 1.38 bits per heavy atom. The van der Waals surface area contributed by atoms with Crippen molar-refractivity contribution in [1.29, 1.82) is 0 Å². The lowest BCUT2D eigenvalue weighted by Gasteiger charge is -2.24. The van der Waals surface area contributed by atoms with Crippen LogP contribution in [-0.2, 0) is 9.78 Å².